The number of hydrogen-bond donors (Lipinski definition) is 2. The molecule has 2 N–H and O–H groups in total. The molecular weight excluding hydrogens is 300 g/mol. The molecule has 24 heavy (non-hydrogen) atoms. The number of nitrogens with one attached hydrogen (secondary N) is 2. The summed E-state index contributed by atoms with van der Waals surface area (Å²) in [6.45, 7) is 1.40. The van der Waals surface area contributed by atoms with E-state index in [2.05, 4.69) is 37.7 Å². The molecule has 122 valence electrons. The van der Waals surface area contributed by atoms with Crippen molar-refractivity contribution < 1.29 is 0 Å². The van der Waals surface area contributed by atoms with Gasteiger partial charge in [0.25, 0.3) is 0 Å². The van der Waals surface area contributed by atoms with Crippen molar-refractivity contribution >= 4 is 5.96 Å². The second kappa shape index (κ2) is 7.92. The van der Waals surface area contributed by atoms with E-state index in [9.17, 15) is 0 Å². The summed E-state index contributed by atoms with van der Waals surface area (Å²) < 4.78 is 1.88. The van der Waals surface area contributed by atoms with E-state index in [0.717, 1.165) is 23.9 Å². The zero-order chi connectivity index (χ0) is 16.6. The molecular formula is C18H20N6. The predicted octanol–water partition coefficient (Wildman–Crippen LogP) is 2.13. The number of aliphatic imine (C=N–C) groups is 1. The van der Waals surface area contributed by atoms with Crippen LogP contribution in [0.2, 0.25) is 0 Å². The number of guanidine groups is 1. The molecule has 0 fully saturated rings. The number of benzene rings is 1. The minimum atomic E-state index is 0.665. The molecule has 2 aromatic heterocycles. The molecule has 0 radical (unpaired) electrons. The second-order valence-corrected chi connectivity index (χ2v) is 5.26. The third-order valence-electron chi connectivity index (χ3n) is 3.57. The van der Waals surface area contributed by atoms with Crippen LogP contribution in [0.4, 0.5) is 0 Å². The Morgan fingerprint density at radius 2 is 1.83 bits per heavy atom. The Bertz CT molecular complexity index is 780. The average molecular weight is 320 g/mol. The highest BCUT2D eigenvalue weighted by Crippen LogP contribution is 2.06. The lowest BCUT2D eigenvalue weighted by atomic mass is 10.2. The van der Waals surface area contributed by atoms with Crippen molar-refractivity contribution in [3.63, 3.8) is 0 Å². The largest absolute Gasteiger partial charge is 0.352 e. The van der Waals surface area contributed by atoms with Gasteiger partial charge in [-0.3, -0.25) is 9.56 Å². The van der Waals surface area contributed by atoms with Crippen LogP contribution in [-0.4, -0.2) is 27.5 Å². The van der Waals surface area contributed by atoms with Crippen LogP contribution in [-0.2, 0) is 13.1 Å². The summed E-state index contributed by atoms with van der Waals surface area (Å²) in [6.07, 6.45) is 7.15. The molecule has 3 rings (SSSR count). The molecule has 0 spiro atoms. The van der Waals surface area contributed by atoms with E-state index in [0.29, 0.717) is 6.54 Å². The van der Waals surface area contributed by atoms with Gasteiger partial charge in [0, 0.05) is 38.7 Å². The molecule has 0 saturated heterocycles. The van der Waals surface area contributed by atoms with E-state index in [1.54, 1.807) is 25.8 Å². The SMILES string of the molecule is CN=C(NCc1ccccc1)NCc1ccnc(-n2ccnc2)c1. The average Bonchev–Trinajstić information content (AvgIpc) is 3.18. The summed E-state index contributed by atoms with van der Waals surface area (Å²) in [5.74, 6) is 1.61. The molecule has 0 atom stereocenters. The van der Waals surface area contributed by atoms with Gasteiger partial charge in [0.1, 0.15) is 12.1 Å². The van der Waals surface area contributed by atoms with Crippen LogP contribution in [0.5, 0.6) is 0 Å². The fraction of sp³-hybridized carbons (Fsp3) is 0.167. The number of aromatic nitrogens is 3. The summed E-state index contributed by atoms with van der Waals surface area (Å²) in [5, 5.41) is 6.62. The van der Waals surface area contributed by atoms with E-state index in [4.69, 9.17) is 0 Å². The van der Waals surface area contributed by atoms with Crippen LogP contribution in [0.3, 0.4) is 0 Å². The van der Waals surface area contributed by atoms with Crippen molar-refractivity contribution in [2.45, 2.75) is 13.1 Å². The van der Waals surface area contributed by atoms with Gasteiger partial charge in [-0.05, 0) is 23.3 Å². The number of imidazole rings is 1. The minimum Gasteiger partial charge on any atom is -0.352 e. The first-order chi connectivity index (χ1) is 11.8. The standard InChI is InChI=1S/C18H20N6/c1-19-18(22-12-15-5-3-2-4-6-15)23-13-16-7-8-21-17(11-16)24-10-9-20-14-24/h2-11,14H,12-13H2,1H3,(H2,19,22,23). The third kappa shape index (κ3) is 4.19. The lowest BCUT2D eigenvalue weighted by Crippen LogP contribution is -2.36. The number of pyridine rings is 1. The highest BCUT2D eigenvalue weighted by molar-refractivity contribution is 5.79. The van der Waals surface area contributed by atoms with Gasteiger partial charge in [0.2, 0.25) is 0 Å². The van der Waals surface area contributed by atoms with Gasteiger partial charge < -0.3 is 10.6 Å². The second-order valence-electron chi connectivity index (χ2n) is 5.26. The summed E-state index contributed by atoms with van der Waals surface area (Å²) in [5.41, 5.74) is 2.34. The van der Waals surface area contributed by atoms with Crippen LogP contribution < -0.4 is 10.6 Å². The maximum absolute atomic E-state index is 4.35. The van der Waals surface area contributed by atoms with Crippen LogP contribution in [0.1, 0.15) is 11.1 Å². The first-order valence-corrected chi connectivity index (χ1v) is 7.77. The molecule has 0 aliphatic heterocycles. The van der Waals surface area contributed by atoms with E-state index in [-0.39, 0.29) is 0 Å². The zero-order valence-corrected chi connectivity index (χ0v) is 13.6. The van der Waals surface area contributed by atoms with E-state index in [1.165, 1.54) is 5.56 Å². The fourth-order valence-electron chi connectivity index (χ4n) is 2.29. The van der Waals surface area contributed by atoms with Crippen molar-refractivity contribution in [1.82, 2.24) is 25.2 Å². The quantitative estimate of drug-likeness (QED) is 0.558. The van der Waals surface area contributed by atoms with Crippen molar-refractivity contribution in [2.75, 3.05) is 7.05 Å². The smallest absolute Gasteiger partial charge is 0.191 e. The maximum Gasteiger partial charge on any atom is 0.191 e. The van der Waals surface area contributed by atoms with Gasteiger partial charge in [-0.15, -0.1) is 0 Å². The first-order valence-electron chi connectivity index (χ1n) is 7.77. The minimum absolute atomic E-state index is 0.665. The Kier molecular flexibility index (Phi) is 5.19. The Labute approximate surface area is 141 Å². The Hall–Kier alpha value is -3.15. The molecule has 6 nitrogen and oxygen atoms in total. The summed E-state index contributed by atoms with van der Waals surface area (Å²) in [4.78, 5) is 12.7. The Morgan fingerprint density at radius 3 is 2.54 bits per heavy atom. The molecule has 2 heterocycles. The van der Waals surface area contributed by atoms with Crippen LogP contribution in [0.15, 0.2) is 72.4 Å². The molecule has 0 unspecified atom stereocenters. The summed E-state index contributed by atoms with van der Waals surface area (Å²) >= 11 is 0. The Balaban J connectivity index is 1.57. The first kappa shape index (κ1) is 15.7. The van der Waals surface area contributed by atoms with E-state index >= 15 is 0 Å². The molecule has 6 heteroatoms. The molecule has 1 aromatic carbocycles. The Morgan fingerprint density at radius 1 is 1.04 bits per heavy atom. The van der Waals surface area contributed by atoms with E-state index in [1.807, 2.05) is 41.1 Å². The molecule has 0 bridgehead atoms. The number of rotatable bonds is 5. The molecule has 0 amide bonds. The van der Waals surface area contributed by atoms with Gasteiger partial charge >= 0.3 is 0 Å². The number of hydrogen-bond acceptors (Lipinski definition) is 3. The van der Waals surface area contributed by atoms with Crippen molar-refractivity contribution in [1.29, 1.82) is 0 Å². The van der Waals surface area contributed by atoms with Crippen molar-refractivity contribution in [3.05, 3.63) is 78.5 Å². The van der Waals surface area contributed by atoms with Gasteiger partial charge in [-0.1, -0.05) is 30.3 Å². The van der Waals surface area contributed by atoms with Gasteiger partial charge in [-0.25, -0.2) is 9.97 Å². The maximum atomic E-state index is 4.35. The topological polar surface area (TPSA) is 67.1 Å². The monoisotopic (exact) mass is 320 g/mol. The number of nitrogens with zero attached hydrogens (tertiary/aromatic N) is 4. The normalized spacial score (nSPS) is 11.3. The van der Waals surface area contributed by atoms with Crippen LogP contribution >= 0.6 is 0 Å². The third-order valence-corrected chi connectivity index (χ3v) is 3.57. The lowest BCUT2D eigenvalue weighted by molar-refractivity contribution is 0.806. The summed E-state index contributed by atoms with van der Waals surface area (Å²) in [7, 11) is 1.77. The fourth-order valence-corrected chi connectivity index (χ4v) is 2.29. The highest BCUT2D eigenvalue weighted by atomic mass is 15.2. The zero-order valence-electron chi connectivity index (χ0n) is 13.6. The van der Waals surface area contributed by atoms with Crippen LogP contribution in [0, 0.1) is 0 Å². The molecule has 0 aliphatic rings. The molecule has 3 aromatic rings. The predicted molar refractivity (Wildman–Crippen MR) is 94.8 cm³/mol. The molecule has 0 saturated carbocycles. The van der Waals surface area contributed by atoms with Gasteiger partial charge in [0.05, 0.1) is 0 Å². The van der Waals surface area contributed by atoms with Crippen molar-refractivity contribution in [2.24, 2.45) is 4.99 Å². The van der Waals surface area contributed by atoms with Crippen molar-refractivity contribution in [3.8, 4) is 5.82 Å². The van der Waals surface area contributed by atoms with E-state index < -0.39 is 0 Å². The van der Waals surface area contributed by atoms with Gasteiger partial charge in [-0.2, -0.15) is 0 Å². The summed E-state index contributed by atoms with van der Waals surface area (Å²) in [6, 6.07) is 14.2. The highest BCUT2D eigenvalue weighted by Gasteiger charge is 2.02. The van der Waals surface area contributed by atoms with Gasteiger partial charge in [0.15, 0.2) is 5.96 Å². The molecule has 0 aliphatic carbocycles. The lowest BCUT2D eigenvalue weighted by Gasteiger charge is -2.12. The van der Waals surface area contributed by atoms with Crippen LogP contribution in [0.25, 0.3) is 5.82 Å².